The van der Waals surface area contributed by atoms with Gasteiger partial charge in [0.25, 0.3) is 17.1 Å². The number of rotatable bonds is 6. The van der Waals surface area contributed by atoms with E-state index in [4.69, 9.17) is 16.3 Å². The smallest absolute Gasteiger partial charge is 0.293 e. The Kier molecular flexibility index (Phi) is 6.33. The second kappa shape index (κ2) is 8.90. The number of benzene rings is 1. The van der Waals surface area contributed by atoms with Gasteiger partial charge < -0.3 is 10.1 Å². The maximum absolute atomic E-state index is 12.5. The average Bonchev–Trinajstić information content (AvgIpc) is 2.96. The summed E-state index contributed by atoms with van der Waals surface area (Å²) >= 11 is 6.79. The predicted octanol–water partition coefficient (Wildman–Crippen LogP) is 3.21. The van der Waals surface area contributed by atoms with Crippen molar-refractivity contribution in [2.45, 2.75) is 0 Å². The van der Waals surface area contributed by atoms with E-state index in [0.717, 1.165) is 22.2 Å². The summed E-state index contributed by atoms with van der Waals surface area (Å²) in [5.74, 6) is -0.418. The molecule has 0 aliphatic carbocycles. The molecule has 1 aliphatic rings. The van der Waals surface area contributed by atoms with Crippen molar-refractivity contribution in [2.24, 2.45) is 0 Å². The van der Waals surface area contributed by atoms with Crippen molar-refractivity contribution in [1.82, 2.24) is 15.2 Å². The van der Waals surface area contributed by atoms with Gasteiger partial charge in [0.05, 0.1) is 17.6 Å². The number of pyridine rings is 1. The lowest BCUT2D eigenvalue weighted by molar-refractivity contribution is -0.122. The summed E-state index contributed by atoms with van der Waals surface area (Å²) in [6, 6.07) is 8.24. The van der Waals surface area contributed by atoms with E-state index >= 15 is 0 Å². The molecule has 1 fully saturated rings. The standard InChI is InChI=1S/C19H16ClN3O4S/c1-27-15-5-4-13(20)10-14(15)17(24)22-7-8-23-18(25)16(28-19(23)26)9-12-3-2-6-21-11-12/h2-6,9-11H,7-8H2,1H3,(H,22,24). The zero-order valence-corrected chi connectivity index (χ0v) is 16.4. The molecule has 28 heavy (non-hydrogen) atoms. The zero-order chi connectivity index (χ0) is 20.1. The lowest BCUT2D eigenvalue weighted by Crippen LogP contribution is -2.37. The highest BCUT2D eigenvalue weighted by Gasteiger charge is 2.34. The molecule has 0 spiro atoms. The maximum Gasteiger partial charge on any atom is 0.293 e. The molecule has 1 aliphatic heterocycles. The normalized spacial score (nSPS) is 15.2. The van der Waals surface area contributed by atoms with Gasteiger partial charge in [-0.2, -0.15) is 0 Å². The molecule has 3 amide bonds. The molecule has 0 atom stereocenters. The third-order valence-electron chi connectivity index (χ3n) is 3.88. The molecule has 7 nitrogen and oxygen atoms in total. The van der Waals surface area contributed by atoms with Gasteiger partial charge in [-0.3, -0.25) is 24.3 Å². The van der Waals surface area contributed by atoms with Gasteiger partial charge in [-0.1, -0.05) is 17.7 Å². The van der Waals surface area contributed by atoms with Crippen LogP contribution < -0.4 is 10.1 Å². The summed E-state index contributed by atoms with van der Waals surface area (Å²) in [4.78, 5) is 42.3. The number of halogens is 1. The van der Waals surface area contributed by atoms with Gasteiger partial charge in [-0.25, -0.2) is 0 Å². The van der Waals surface area contributed by atoms with E-state index in [1.54, 1.807) is 42.7 Å². The molecule has 2 heterocycles. The van der Waals surface area contributed by atoms with E-state index in [0.29, 0.717) is 15.7 Å². The fourth-order valence-corrected chi connectivity index (χ4v) is 3.58. The number of nitrogens with one attached hydrogen (secondary N) is 1. The molecule has 1 saturated heterocycles. The van der Waals surface area contributed by atoms with Crippen LogP contribution in [0, 0.1) is 0 Å². The van der Waals surface area contributed by atoms with Gasteiger partial charge in [0, 0.05) is 30.5 Å². The number of nitrogens with zero attached hydrogens (tertiary/aromatic N) is 2. The molecule has 3 rings (SSSR count). The molecule has 1 aromatic carbocycles. The van der Waals surface area contributed by atoms with Crippen LogP contribution in [0.2, 0.25) is 5.02 Å². The molecule has 9 heteroatoms. The summed E-state index contributed by atoms with van der Waals surface area (Å²) in [5, 5.41) is 2.69. The van der Waals surface area contributed by atoms with E-state index in [9.17, 15) is 14.4 Å². The van der Waals surface area contributed by atoms with Crippen molar-refractivity contribution in [2.75, 3.05) is 20.2 Å². The minimum Gasteiger partial charge on any atom is -0.496 e. The number of hydrogen-bond donors (Lipinski definition) is 1. The first-order valence-corrected chi connectivity index (χ1v) is 9.46. The van der Waals surface area contributed by atoms with Crippen LogP contribution >= 0.6 is 23.4 Å². The Morgan fingerprint density at radius 1 is 1.36 bits per heavy atom. The minimum atomic E-state index is -0.405. The second-order valence-electron chi connectivity index (χ2n) is 5.72. The lowest BCUT2D eigenvalue weighted by atomic mass is 10.2. The number of amides is 3. The third-order valence-corrected chi connectivity index (χ3v) is 5.03. The zero-order valence-electron chi connectivity index (χ0n) is 14.8. The van der Waals surface area contributed by atoms with Gasteiger partial charge in [0.1, 0.15) is 5.75 Å². The van der Waals surface area contributed by atoms with Gasteiger partial charge in [-0.15, -0.1) is 0 Å². The maximum atomic E-state index is 12.5. The van der Waals surface area contributed by atoms with Crippen molar-refractivity contribution < 1.29 is 19.1 Å². The number of thioether (sulfide) groups is 1. The van der Waals surface area contributed by atoms with Gasteiger partial charge in [0.2, 0.25) is 0 Å². The quantitative estimate of drug-likeness (QED) is 0.726. The molecule has 1 N–H and O–H groups in total. The fourth-order valence-electron chi connectivity index (χ4n) is 2.54. The van der Waals surface area contributed by atoms with Crippen molar-refractivity contribution in [3.63, 3.8) is 0 Å². The third kappa shape index (κ3) is 4.52. The van der Waals surface area contributed by atoms with E-state index in [1.807, 2.05) is 0 Å². The molecule has 0 bridgehead atoms. The SMILES string of the molecule is COc1ccc(Cl)cc1C(=O)NCCN1C(=O)SC(=Cc2cccnc2)C1=O. The predicted molar refractivity (Wildman–Crippen MR) is 107 cm³/mol. The number of imide groups is 1. The van der Waals surface area contributed by atoms with Gasteiger partial charge in [0.15, 0.2) is 0 Å². The Balaban J connectivity index is 1.61. The summed E-state index contributed by atoms with van der Waals surface area (Å²) < 4.78 is 5.15. The Labute approximate surface area is 170 Å². The monoisotopic (exact) mass is 417 g/mol. The van der Waals surface area contributed by atoms with Crippen LogP contribution in [0.15, 0.2) is 47.6 Å². The fraction of sp³-hybridized carbons (Fsp3) is 0.158. The number of hydrogen-bond acceptors (Lipinski definition) is 6. The Morgan fingerprint density at radius 3 is 2.89 bits per heavy atom. The molecule has 0 radical (unpaired) electrons. The highest BCUT2D eigenvalue weighted by atomic mass is 35.5. The first-order valence-electron chi connectivity index (χ1n) is 8.26. The Bertz CT molecular complexity index is 949. The van der Waals surface area contributed by atoms with Crippen molar-refractivity contribution in [3.05, 3.63) is 63.8 Å². The average molecular weight is 418 g/mol. The number of carbonyl (C=O) groups excluding carboxylic acids is 3. The summed E-state index contributed by atoms with van der Waals surface area (Å²) in [6.07, 6.45) is 4.85. The second-order valence-corrected chi connectivity index (χ2v) is 7.15. The Morgan fingerprint density at radius 2 is 2.18 bits per heavy atom. The van der Waals surface area contributed by atoms with Crippen LogP contribution in [0.1, 0.15) is 15.9 Å². The van der Waals surface area contributed by atoms with Crippen LogP contribution in [0.25, 0.3) is 6.08 Å². The van der Waals surface area contributed by atoms with Gasteiger partial charge in [-0.05, 0) is 47.7 Å². The van der Waals surface area contributed by atoms with E-state index in [-0.39, 0.29) is 23.9 Å². The molecular formula is C19H16ClN3O4S. The highest BCUT2D eigenvalue weighted by molar-refractivity contribution is 8.18. The van der Waals surface area contributed by atoms with Crippen molar-refractivity contribution >= 4 is 46.5 Å². The van der Waals surface area contributed by atoms with Crippen molar-refractivity contribution in [3.8, 4) is 5.75 Å². The largest absolute Gasteiger partial charge is 0.496 e. The van der Waals surface area contributed by atoms with Crippen LogP contribution in [-0.2, 0) is 4.79 Å². The van der Waals surface area contributed by atoms with Crippen LogP contribution in [-0.4, -0.2) is 47.1 Å². The highest BCUT2D eigenvalue weighted by Crippen LogP contribution is 2.31. The van der Waals surface area contributed by atoms with Crippen LogP contribution in [0.5, 0.6) is 5.75 Å². The molecule has 2 aromatic rings. The molecule has 1 aromatic heterocycles. The number of methoxy groups -OCH3 is 1. The number of aromatic nitrogens is 1. The van der Waals surface area contributed by atoms with Crippen molar-refractivity contribution in [1.29, 1.82) is 0 Å². The number of carbonyl (C=O) groups is 3. The minimum absolute atomic E-state index is 0.0592. The first-order chi connectivity index (χ1) is 13.5. The van der Waals surface area contributed by atoms with E-state index in [1.165, 1.54) is 13.2 Å². The molecular weight excluding hydrogens is 402 g/mol. The Hall–Kier alpha value is -2.84. The first kappa shape index (κ1) is 19.9. The summed E-state index contributed by atoms with van der Waals surface area (Å²) in [7, 11) is 1.45. The molecule has 0 saturated carbocycles. The van der Waals surface area contributed by atoms with Crippen LogP contribution in [0.3, 0.4) is 0 Å². The van der Waals surface area contributed by atoms with E-state index in [2.05, 4.69) is 10.3 Å². The van der Waals surface area contributed by atoms with Gasteiger partial charge >= 0.3 is 0 Å². The number of ether oxygens (including phenoxy) is 1. The molecule has 0 unspecified atom stereocenters. The topological polar surface area (TPSA) is 88.6 Å². The summed E-state index contributed by atoms with van der Waals surface area (Å²) in [5.41, 5.74) is 1.01. The van der Waals surface area contributed by atoms with E-state index < -0.39 is 11.8 Å². The van der Waals surface area contributed by atoms with Crippen LogP contribution in [0.4, 0.5) is 4.79 Å². The lowest BCUT2D eigenvalue weighted by Gasteiger charge is -2.14. The molecule has 144 valence electrons. The summed E-state index contributed by atoms with van der Waals surface area (Å²) in [6.45, 7) is 0.163.